The van der Waals surface area contributed by atoms with Crippen LogP contribution in [-0.4, -0.2) is 26.0 Å². The van der Waals surface area contributed by atoms with Gasteiger partial charge in [0.2, 0.25) is 0 Å². The highest BCUT2D eigenvalue weighted by molar-refractivity contribution is 5.72. The van der Waals surface area contributed by atoms with E-state index in [-0.39, 0.29) is 17.2 Å². The maximum Gasteiger partial charge on any atom is 0.308 e. The van der Waals surface area contributed by atoms with Crippen molar-refractivity contribution in [2.24, 2.45) is 0 Å². The number of nitrogens with two attached hydrogens (primary N) is 1. The Kier molecular flexibility index (Phi) is 3.28. The first kappa shape index (κ1) is 12.7. The molecule has 0 aliphatic carbocycles. The molecule has 98 valence electrons. The summed E-state index contributed by atoms with van der Waals surface area (Å²) in [5.74, 6) is -0.934. The maximum atomic E-state index is 11.8. The van der Waals surface area contributed by atoms with Crippen molar-refractivity contribution in [2.75, 3.05) is 5.73 Å². The normalized spacial score (nSPS) is 10.4. The monoisotopic (exact) mass is 260 g/mol. The number of anilines is 1. The molecule has 19 heavy (non-hydrogen) atoms. The number of carbonyl (C=O) groups is 1. The number of aryl methyl sites for hydroxylation is 1. The number of pyridine rings is 1. The van der Waals surface area contributed by atoms with Gasteiger partial charge >= 0.3 is 5.97 Å². The molecule has 2 heterocycles. The summed E-state index contributed by atoms with van der Waals surface area (Å²) < 4.78 is 0. The molecule has 0 atom stereocenters. The van der Waals surface area contributed by atoms with Gasteiger partial charge in [0.25, 0.3) is 5.56 Å². The number of hydrogen-bond donors (Lipinski definition) is 3. The molecule has 7 nitrogen and oxygen atoms in total. The molecule has 0 spiro atoms. The van der Waals surface area contributed by atoms with E-state index < -0.39 is 17.9 Å². The second-order valence-electron chi connectivity index (χ2n) is 4.04. The van der Waals surface area contributed by atoms with Gasteiger partial charge in [0, 0.05) is 18.0 Å². The molecular formula is C12H12N4O3. The van der Waals surface area contributed by atoms with E-state index >= 15 is 0 Å². The number of aromatic nitrogens is 3. The molecule has 2 aromatic heterocycles. The molecule has 7 heteroatoms. The van der Waals surface area contributed by atoms with Crippen LogP contribution in [0.1, 0.15) is 11.1 Å². The van der Waals surface area contributed by atoms with Gasteiger partial charge in [-0.2, -0.15) is 0 Å². The molecule has 0 saturated carbocycles. The molecule has 2 rings (SSSR count). The summed E-state index contributed by atoms with van der Waals surface area (Å²) in [6.45, 7) is 1.85. The Labute approximate surface area is 108 Å². The lowest BCUT2D eigenvalue weighted by atomic mass is 10.1. The molecule has 0 saturated heterocycles. The Morgan fingerprint density at radius 3 is 2.84 bits per heavy atom. The number of aromatic amines is 1. The third kappa shape index (κ3) is 2.59. The van der Waals surface area contributed by atoms with Crippen molar-refractivity contribution in [3.63, 3.8) is 0 Å². The van der Waals surface area contributed by atoms with Crippen molar-refractivity contribution in [3.05, 3.63) is 39.9 Å². The molecule has 0 amide bonds. The second-order valence-corrected chi connectivity index (χ2v) is 4.04. The minimum Gasteiger partial charge on any atom is -0.481 e. The lowest BCUT2D eigenvalue weighted by Gasteiger charge is -2.07. The van der Waals surface area contributed by atoms with E-state index in [1.54, 1.807) is 18.5 Å². The third-order valence-electron chi connectivity index (χ3n) is 2.67. The Morgan fingerprint density at radius 1 is 1.53 bits per heavy atom. The van der Waals surface area contributed by atoms with Gasteiger partial charge in [-0.3, -0.25) is 14.6 Å². The average molecular weight is 260 g/mol. The maximum absolute atomic E-state index is 11.8. The second kappa shape index (κ2) is 4.89. The van der Waals surface area contributed by atoms with E-state index in [1.807, 2.05) is 6.92 Å². The molecule has 0 unspecified atom stereocenters. The summed E-state index contributed by atoms with van der Waals surface area (Å²) in [5.41, 5.74) is 6.58. The number of aliphatic carboxylic acids is 1. The van der Waals surface area contributed by atoms with Crippen LogP contribution in [0.2, 0.25) is 0 Å². The van der Waals surface area contributed by atoms with Crippen LogP contribution in [0.5, 0.6) is 0 Å². The number of nitrogens with one attached hydrogen (secondary N) is 1. The molecular weight excluding hydrogens is 248 g/mol. The number of H-pyrrole nitrogens is 1. The van der Waals surface area contributed by atoms with Gasteiger partial charge in [-0.05, 0) is 18.6 Å². The van der Waals surface area contributed by atoms with Crippen LogP contribution in [0.3, 0.4) is 0 Å². The first-order chi connectivity index (χ1) is 8.99. The number of nitrogens with zero attached hydrogens (tertiary/aromatic N) is 2. The van der Waals surface area contributed by atoms with E-state index in [0.717, 1.165) is 5.56 Å². The van der Waals surface area contributed by atoms with E-state index in [9.17, 15) is 9.59 Å². The molecule has 0 bridgehead atoms. The predicted octanol–water partition coefficient (Wildman–Crippen LogP) is 0.350. The third-order valence-corrected chi connectivity index (χ3v) is 2.67. The van der Waals surface area contributed by atoms with Crippen LogP contribution in [0.25, 0.3) is 11.4 Å². The van der Waals surface area contributed by atoms with Crippen molar-refractivity contribution >= 4 is 11.8 Å². The number of nitrogen functional groups attached to an aromatic ring is 1. The quantitative estimate of drug-likeness (QED) is 0.731. The van der Waals surface area contributed by atoms with Crippen molar-refractivity contribution in [1.82, 2.24) is 15.0 Å². The Hall–Kier alpha value is -2.70. The smallest absolute Gasteiger partial charge is 0.308 e. The van der Waals surface area contributed by atoms with Gasteiger partial charge in [-0.1, -0.05) is 0 Å². The molecule has 0 fully saturated rings. The first-order valence-corrected chi connectivity index (χ1v) is 5.50. The average Bonchev–Trinajstić information content (AvgIpc) is 2.34. The molecule has 4 N–H and O–H groups in total. The zero-order valence-electron chi connectivity index (χ0n) is 10.2. The number of rotatable bonds is 3. The lowest BCUT2D eigenvalue weighted by Crippen LogP contribution is -2.21. The van der Waals surface area contributed by atoms with Crippen LogP contribution >= 0.6 is 0 Å². The van der Waals surface area contributed by atoms with Gasteiger partial charge < -0.3 is 15.8 Å². The molecule has 0 aliphatic rings. The van der Waals surface area contributed by atoms with E-state index in [4.69, 9.17) is 10.8 Å². The highest BCUT2D eigenvalue weighted by Crippen LogP contribution is 2.18. The first-order valence-electron chi connectivity index (χ1n) is 5.50. The van der Waals surface area contributed by atoms with Crippen LogP contribution in [-0.2, 0) is 11.2 Å². The van der Waals surface area contributed by atoms with Gasteiger partial charge in [-0.15, -0.1) is 0 Å². The van der Waals surface area contributed by atoms with Gasteiger partial charge in [0.15, 0.2) is 0 Å². The van der Waals surface area contributed by atoms with Crippen molar-refractivity contribution in [1.29, 1.82) is 0 Å². The predicted molar refractivity (Wildman–Crippen MR) is 68.6 cm³/mol. The van der Waals surface area contributed by atoms with Gasteiger partial charge in [-0.25, -0.2) is 4.98 Å². The van der Waals surface area contributed by atoms with Crippen LogP contribution in [0, 0.1) is 6.92 Å². The van der Waals surface area contributed by atoms with E-state index in [0.29, 0.717) is 5.56 Å². The highest BCUT2D eigenvalue weighted by atomic mass is 16.4. The molecule has 0 radical (unpaired) electrons. The van der Waals surface area contributed by atoms with Crippen LogP contribution in [0.15, 0.2) is 23.3 Å². The Morgan fingerprint density at radius 2 is 2.26 bits per heavy atom. The van der Waals surface area contributed by atoms with Crippen molar-refractivity contribution in [3.8, 4) is 11.4 Å². The zero-order chi connectivity index (χ0) is 14.0. The minimum absolute atomic E-state index is 0.0437. The number of carboxylic acids is 1. The number of hydrogen-bond acceptors (Lipinski definition) is 5. The fourth-order valence-electron chi connectivity index (χ4n) is 1.68. The van der Waals surface area contributed by atoms with E-state index in [2.05, 4.69) is 15.0 Å². The fraction of sp³-hybridized carbons (Fsp3) is 0.167. The van der Waals surface area contributed by atoms with Gasteiger partial charge in [0.05, 0.1) is 12.0 Å². The van der Waals surface area contributed by atoms with E-state index in [1.165, 1.54) is 0 Å². The van der Waals surface area contributed by atoms with Crippen molar-refractivity contribution < 1.29 is 9.90 Å². The summed E-state index contributed by atoms with van der Waals surface area (Å²) in [6, 6.07) is 1.77. The molecule has 2 aromatic rings. The summed E-state index contributed by atoms with van der Waals surface area (Å²) >= 11 is 0. The standard InChI is InChI=1S/C12H12N4O3/c1-6-2-3-14-5-8(6)11-15-10(13)7(4-9(17)18)12(19)16-11/h2-3,5H,4H2,1H3,(H,17,18)(H3,13,15,16,19). The van der Waals surface area contributed by atoms with Gasteiger partial charge in [0.1, 0.15) is 11.6 Å². The summed E-state index contributed by atoms with van der Waals surface area (Å²) in [5, 5.41) is 8.70. The number of carboxylic acid groups (broad SMARTS) is 1. The summed E-state index contributed by atoms with van der Waals surface area (Å²) in [4.78, 5) is 33.0. The topological polar surface area (TPSA) is 122 Å². The van der Waals surface area contributed by atoms with Crippen LogP contribution < -0.4 is 11.3 Å². The molecule has 0 aliphatic heterocycles. The van der Waals surface area contributed by atoms with Crippen molar-refractivity contribution in [2.45, 2.75) is 13.3 Å². The molecule has 0 aromatic carbocycles. The van der Waals surface area contributed by atoms with Crippen LogP contribution in [0.4, 0.5) is 5.82 Å². The zero-order valence-corrected chi connectivity index (χ0v) is 10.2. The highest BCUT2D eigenvalue weighted by Gasteiger charge is 2.14. The SMILES string of the molecule is Cc1ccncc1-c1nc(N)c(CC(=O)O)c(=O)[nH]1. The fourth-order valence-corrected chi connectivity index (χ4v) is 1.68. The minimum atomic E-state index is -1.13. The largest absolute Gasteiger partial charge is 0.481 e. The Bertz CT molecular complexity index is 694. The summed E-state index contributed by atoms with van der Waals surface area (Å²) in [7, 11) is 0. The lowest BCUT2D eigenvalue weighted by molar-refractivity contribution is -0.136. The Balaban J connectivity index is 2.55. The summed E-state index contributed by atoms with van der Waals surface area (Å²) in [6.07, 6.45) is 2.73.